The summed E-state index contributed by atoms with van der Waals surface area (Å²) in [5.41, 5.74) is 3.53. The van der Waals surface area contributed by atoms with Crippen LogP contribution in [0.2, 0.25) is 0 Å². The van der Waals surface area contributed by atoms with E-state index in [1.165, 1.54) is 20.1 Å². The molecule has 0 saturated heterocycles. The first-order valence-corrected chi connectivity index (χ1v) is 4.02. The van der Waals surface area contributed by atoms with E-state index in [0.717, 1.165) is 0 Å². The topological polar surface area (TPSA) is 52.3 Å². The van der Waals surface area contributed by atoms with Crippen LogP contribution in [0.5, 0.6) is 0 Å². The van der Waals surface area contributed by atoms with Gasteiger partial charge in [-0.3, -0.25) is 4.79 Å². The van der Waals surface area contributed by atoms with Gasteiger partial charge in [0.2, 0.25) is 0 Å². The second-order valence-corrected chi connectivity index (χ2v) is 3.18. The van der Waals surface area contributed by atoms with Crippen molar-refractivity contribution in [3.05, 3.63) is 23.3 Å². The van der Waals surface area contributed by atoms with Crippen LogP contribution in [0.3, 0.4) is 0 Å². The Kier molecular flexibility index (Phi) is 2.71. The Hall–Kier alpha value is -1.23. The molecule has 1 aliphatic carbocycles. The van der Waals surface area contributed by atoms with E-state index in [0.29, 0.717) is 0 Å². The van der Waals surface area contributed by atoms with Crippen LogP contribution in [0.4, 0.5) is 8.78 Å². The second-order valence-electron chi connectivity index (χ2n) is 3.18. The minimum absolute atomic E-state index is 0.0226. The van der Waals surface area contributed by atoms with E-state index in [2.05, 4.69) is 0 Å². The molecule has 1 amide bonds. The molecule has 1 atom stereocenters. The lowest BCUT2D eigenvalue weighted by Crippen LogP contribution is -2.45. The van der Waals surface area contributed by atoms with Crippen LogP contribution in [0, 0.1) is 0 Å². The highest BCUT2D eigenvalue weighted by Gasteiger charge is 2.40. The number of rotatable bonds is 2. The summed E-state index contributed by atoms with van der Waals surface area (Å²) in [4.78, 5) is 11.0. The third-order valence-corrected chi connectivity index (χ3v) is 2.23. The molecule has 78 valence electrons. The van der Waals surface area contributed by atoms with Crippen molar-refractivity contribution in [1.29, 1.82) is 0 Å². The first kappa shape index (κ1) is 10.8. The van der Waals surface area contributed by atoms with E-state index < -0.39 is 29.6 Å². The largest absolute Gasteiger partial charge is 0.367 e. The van der Waals surface area contributed by atoms with Gasteiger partial charge in [0.25, 0.3) is 5.91 Å². The fraction of sp³-hybridized carbons (Fsp3) is 0.444. The first-order valence-electron chi connectivity index (χ1n) is 4.02. The average Bonchev–Trinajstić information content (AvgIpc) is 2.13. The molecule has 0 aromatic heterocycles. The van der Waals surface area contributed by atoms with Gasteiger partial charge in [-0.2, -0.15) is 0 Å². The van der Waals surface area contributed by atoms with Crippen LogP contribution in [-0.4, -0.2) is 18.6 Å². The molecule has 3 nitrogen and oxygen atoms in total. The third kappa shape index (κ3) is 1.55. The van der Waals surface area contributed by atoms with Crippen molar-refractivity contribution in [2.45, 2.75) is 18.9 Å². The molecule has 0 saturated carbocycles. The number of ether oxygens (including phenoxy) is 1. The monoisotopic (exact) mass is 203 g/mol. The summed E-state index contributed by atoms with van der Waals surface area (Å²) >= 11 is 0. The predicted molar refractivity (Wildman–Crippen MR) is 46.6 cm³/mol. The van der Waals surface area contributed by atoms with E-state index in [9.17, 15) is 13.6 Å². The Morgan fingerprint density at radius 1 is 1.64 bits per heavy atom. The van der Waals surface area contributed by atoms with E-state index in [1.54, 1.807) is 0 Å². The van der Waals surface area contributed by atoms with E-state index in [-0.39, 0.29) is 5.57 Å². The standard InChI is InChI=1S/C9H11F2NO2/c1-5-3-9(14-2,8(12)13)4-6(10)7(5)11/h3H,4H2,1-2H3,(H2,12,13). The Bertz CT molecular complexity index is 336. The highest BCUT2D eigenvalue weighted by molar-refractivity contribution is 5.87. The Morgan fingerprint density at radius 2 is 2.21 bits per heavy atom. The molecule has 0 radical (unpaired) electrons. The maximum atomic E-state index is 13.0. The number of carbonyl (C=O) groups is 1. The Labute approximate surface area is 80.2 Å². The lowest BCUT2D eigenvalue weighted by Gasteiger charge is -2.28. The Morgan fingerprint density at radius 3 is 2.57 bits per heavy atom. The maximum absolute atomic E-state index is 13.0. The molecule has 0 fully saturated rings. The molecule has 2 N–H and O–H groups in total. The van der Waals surface area contributed by atoms with Gasteiger partial charge in [-0.15, -0.1) is 0 Å². The second kappa shape index (κ2) is 3.49. The molecule has 0 aromatic carbocycles. The third-order valence-electron chi connectivity index (χ3n) is 2.23. The summed E-state index contributed by atoms with van der Waals surface area (Å²) in [6.45, 7) is 1.35. The van der Waals surface area contributed by atoms with Crippen molar-refractivity contribution < 1.29 is 18.3 Å². The van der Waals surface area contributed by atoms with Gasteiger partial charge in [0, 0.05) is 13.5 Å². The van der Waals surface area contributed by atoms with Gasteiger partial charge < -0.3 is 10.5 Å². The molecule has 0 heterocycles. The number of amides is 1. The number of primary amides is 1. The number of methoxy groups -OCH3 is 1. The molecule has 14 heavy (non-hydrogen) atoms. The number of allylic oxidation sites excluding steroid dienone is 2. The summed E-state index contributed by atoms with van der Waals surface area (Å²) in [6.07, 6.45) is 0.718. The van der Waals surface area contributed by atoms with Gasteiger partial charge >= 0.3 is 0 Å². The highest BCUT2D eigenvalue weighted by atomic mass is 19.2. The van der Waals surface area contributed by atoms with E-state index >= 15 is 0 Å². The van der Waals surface area contributed by atoms with Crippen LogP contribution < -0.4 is 5.73 Å². The van der Waals surface area contributed by atoms with Gasteiger partial charge in [0.15, 0.2) is 11.4 Å². The summed E-state index contributed by atoms with van der Waals surface area (Å²) < 4.78 is 30.8. The highest BCUT2D eigenvalue weighted by Crippen LogP contribution is 2.34. The molecule has 1 aliphatic rings. The maximum Gasteiger partial charge on any atom is 0.254 e. The zero-order chi connectivity index (χ0) is 10.9. The van der Waals surface area contributed by atoms with Gasteiger partial charge in [-0.05, 0) is 18.6 Å². The number of nitrogens with two attached hydrogens (primary N) is 1. The molecule has 1 unspecified atom stereocenters. The van der Waals surface area contributed by atoms with Crippen molar-refractivity contribution >= 4 is 5.91 Å². The SMILES string of the molecule is COC1(C(N)=O)C=C(C)C(F)=C(F)C1. The fourth-order valence-corrected chi connectivity index (χ4v) is 1.38. The van der Waals surface area contributed by atoms with Crippen molar-refractivity contribution in [2.24, 2.45) is 5.73 Å². The van der Waals surface area contributed by atoms with Gasteiger partial charge in [-0.1, -0.05) is 0 Å². The van der Waals surface area contributed by atoms with Crippen LogP contribution in [0.15, 0.2) is 23.3 Å². The number of carbonyl (C=O) groups excluding carboxylic acids is 1. The van der Waals surface area contributed by atoms with E-state index in [1.807, 2.05) is 0 Å². The van der Waals surface area contributed by atoms with Gasteiger partial charge in [-0.25, -0.2) is 8.78 Å². The molecule has 0 aromatic rings. The normalized spacial score (nSPS) is 27.6. The summed E-state index contributed by atoms with van der Waals surface area (Å²) in [5, 5.41) is 0. The minimum Gasteiger partial charge on any atom is -0.367 e. The molecule has 5 heteroatoms. The number of halogens is 2. The van der Waals surface area contributed by atoms with Crippen molar-refractivity contribution in [3.63, 3.8) is 0 Å². The molecule has 0 spiro atoms. The van der Waals surface area contributed by atoms with Gasteiger partial charge in [0.05, 0.1) is 0 Å². The minimum atomic E-state index is -1.55. The van der Waals surface area contributed by atoms with Crippen molar-refractivity contribution in [1.82, 2.24) is 0 Å². The fourth-order valence-electron chi connectivity index (χ4n) is 1.38. The van der Waals surface area contributed by atoms with Crippen molar-refractivity contribution in [2.75, 3.05) is 7.11 Å². The summed E-state index contributed by atoms with van der Waals surface area (Å²) in [5.74, 6) is -2.79. The van der Waals surface area contributed by atoms with Crippen molar-refractivity contribution in [3.8, 4) is 0 Å². The molecule has 1 rings (SSSR count). The van der Waals surface area contributed by atoms with Crippen LogP contribution in [-0.2, 0) is 9.53 Å². The van der Waals surface area contributed by atoms with Gasteiger partial charge in [0.1, 0.15) is 5.83 Å². The quantitative estimate of drug-likeness (QED) is 0.736. The molecular formula is C9H11F2NO2. The summed E-state index contributed by atoms with van der Waals surface area (Å²) in [6, 6.07) is 0. The zero-order valence-electron chi connectivity index (χ0n) is 7.93. The zero-order valence-corrected chi connectivity index (χ0v) is 7.93. The molecular weight excluding hydrogens is 192 g/mol. The van der Waals surface area contributed by atoms with Crippen LogP contribution in [0.1, 0.15) is 13.3 Å². The van der Waals surface area contributed by atoms with E-state index in [4.69, 9.17) is 10.5 Å². The average molecular weight is 203 g/mol. The lowest BCUT2D eigenvalue weighted by molar-refractivity contribution is -0.135. The van der Waals surface area contributed by atoms with Crippen LogP contribution >= 0.6 is 0 Å². The first-order chi connectivity index (χ1) is 6.43. The lowest BCUT2D eigenvalue weighted by atomic mass is 9.90. The number of hydrogen-bond acceptors (Lipinski definition) is 2. The van der Waals surface area contributed by atoms with Crippen LogP contribution in [0.25, 0.3) is 0 Å². The number of hydrogen-bond donors (Lipinski definition) is 1. The summed E-state index contributed by atoms with van der Waals surface area (Å²) in [7, 11) is 1.23. The molecule has 0 aliphatic heterocycles. The predicted octanol–water partition coefficient (Wildman–Crippen LogP) is 1.36. The Balaban J connectivity index is 3.15. The molecule has 0 bridgehead atoms. The smallest absolute Gasteiger partial charge is 0.254 e.